The molecule has 0 aromatic carbocycles. The summed E-state index contributed by atoms with van der Waals surface area (Å²) in [6.07, 6.45) is 1.40. The van der Waals surface area contributed by atoms with Crippen molar-refractivity contribution in [1.29, 1.82) is 10.5 Å². The molecule has 0 amide bonds. The van der Waals surface area contributed by atoms with Crippen LogP contribution >= 0.6 is 27.3 Å². The number of rotatable bonds is 3. The minimum Gasteiger partial charge on any atom is -0.495 e. The molecule has 2 aromatic heterocycles. The summed E-state index contributed by atoms with van der Waals surface area (Å²) in [5.41, 5.74) is 0.000208. The number of nitrogens with zero attached hydrogens (tertiary/aromatic N) is 2. The second-order valence-electron chi connectivity index (χ2n) is 3.43. The maximum absolute atomic E-state index is 8.69. The van der Waals surface area contributed by atoms with Crippen molar-refractivity contribution in [2.75, 3.05) is 7.11 Å². The van der Waals surface area contributed by atoms with Gasteiger partial charge < -0.3 is 9.15 Å². The van der Waals surface area contributed by atoms with Crippen LogP contribution in [0.1, 0.15) is 5.76 Å². The predicted octanol–water partition coefficient (Wildman–Crippen LogP) is 4.21. The molecule has 0 spiro atoms. The van der Waals surface area contributed by atoms with Crippen molar-refractivity contribution in [2.24, 2.45) is 0 Å². The number of ether oxygens (including phenoxy) is 1. The average molecular weight is 335 g/mol. The van der Waals surface area contributed by atoms with Crippen LogP contribution in [-0.4, -0.2) is 7.11 Å². The number of hydrogen-bond acceptors (Lipinski definition) is 5. The van der Waals surface area contributed by atoms with Crippen LogP contribution in [0.25, 0.3) is 16.7 Å². The van der Waals surface area contributed by atoms with Gasteiger partial charge in [0.15, 0.2) is 0 Å². The Labute approximate surface area is 122 Å². The topological polar surface area (TPSA) is 69.9 Å². The Morgan fingerprint density at radius 3 is 2.79 bits per heavy atom. The summed E-state index contributed by atoms with van der Waals surface area (Å²) in [5.74, 6) is 1.80. The fourth-order valence-electron chi connectivity index (χ4n) is 1.45. The highest BCUT2D eigenvalue weighted by Crippen LogP contribution is 2.41. The first-order chi connectivity index (χ1) is 9.17. The summed E-state index contributed by atoms with van der Waals surface area (Å²) in [4.78, 5) is 0.851. The van der Waals surface area contributed by atoms with E-state index < -0.39 is 0 Å². The van der Waals surface area contributed by atoms with E-state index in [1.54, 1.807) is 31.4 Å². The van der Waals surface area contributed by atoms with Crippen molar-refractivity contribution in [3.05, 3.63) is 33.3 Å². The van der Waals surface area contributed by atoms with Gasteiger partial charge in [-0.05, 0) is 28.1 Å². The molecule has 19 heavy (non-hydrogen) atoms. The molecule has 0 saturated heterocycles. The zero-order valence-electron chi connectivity index (χ0n) is 9.81. The van der Waals surface area contributed by atoms with E-state index in [1.807, 2.05) is 6.07 Å². The quantitative estimate of drug-likeness (QED) is 0.788. The van der Waals surface area contributed by atoms with E-state index in [9.17, 15) is 0 Å². The zero-order valence-corrected chi connectivity index (χ0v) is 12.2. The zero-order chi connectivity index (χ0) is 13.8. The van der Waals surface area contributed by atoms with Crippen LogP contribution < -0.4 is 4.74 Å². The number of halogens is 1. The van der Waals surface area contributed by atoms with Gasteiger partial charge in [-0.25, -0.2) is 0 Å². The normalized spacial score (nSPS) is 9.47. The SMILES string of the molecule is COc1cc(Br)sc1-c1ccc(C=C(C#N)C#N)o1. The monoisotopic (exact) mass is 334 g/mol. The third kappa shape index (κ3) is 2.87. The Balaban J connectivity index is 2.39. The molecule has 0 atom stereocenters. The summed E-state index contributed by atoms with van der Waals surface area (Å²) in [7, 11) is 1.59. The second kappa shape index (κ2) is 5.75. The number of nitriles is 2. The molecular formula is C13H7BrN2O2S. The first-order valence-electron chi connectivity index (χ1n) is 5.13. The van der Waals surface area contributed by atoms with Gasteiger partial charge in [0.05, 0.1) is 10.9 Å². The van der Waals surface area contributed by atoms with E-state index in [0.717, 1.165) is 8.66 Å². The highest BCUT2D eigenvalue weighted by molar-refractivity contribution is 9.11. The molecule has 0 aliphatic carbocycles. The van der Waals surface area contributed by atoms with Crippen molar-refractivity contribution in [3.8, 4) is 28.5 Å². The van der Waals surface area contributed by atoms with E-state index in [2.05, 4.69) is 15.9 Å². The van der Waals surface area contributed by atoms with Crippen LogP contribution in [0.3, 0.4) is 0 Å². The Kier molecular flexibility index (Phi) is 4.06. The molecule has 0 unspecified atom stereocenters. The van der Waals surface area contributed by atoms with Crippen molar-refractivity contribution in [2.45, 2.75) is 0 Å². The average Bonchev–Trinajstić information content (AvgIpc) is 3.01. The molecule has 0 radical (unpaired) electrons. The number of furan rings is 1. The first-order valence-corrected chi connectivity index (χ1v) is 6.74. The first kappa shape index (κ1) is 13.4. The van der Waals surface area contributed by atoms with Gasteiger partial charge in [0.2, 0.25) is 0 Å². The van der Waals surface area contributed by atoms with E-state index in [1.165, 1.54) is 17.4 Å². The van der Waals surface area contributed by atoms with Crippen LogP contribution in [0.4, 0.5) is 0 Å². The van der Waals surface area contributed by atoms with Gasteiger partial charge in [0.1, 0.15) is 39.9 Å². The van der Waals surface area contributed by atoms with Crippen LogP contribution in [0.5, 0.6) is 5.75 Å². The summed E-state index contributed by atoms with van der Waals surface area (Å²) < 4.78 is 11.8. The van der Waals surface area contributed by atoms with Gasteiger partial charge in [-0.15, -0.1) is 11.3 Å². The fraction of sp³-hybridized carbons (Fsp3) is 0.0769. The molecule has 0 aliphatic rings. The van der Waals surface area contributed by atoms with Gasteiger partial charge >= 0.3 is 0 Å². The van der Waals surface area contributed by atoms with Gasteiger partial charge in [0.25, 0.3) is 0 Å². The van der Waals surface area contributed by atoms with E-state index in [4.69, 9.17) is 19.7 Å². The van der Waals surface area contributed by atoms with E-state index in [0.29, 0.717) is 17.3 Å². The van der Waals surface area contributed by atoms with Crippen molar-refractivity contribution >= 4 is 33.3 Å². The molecule has 0 fully saturated rings. The number of methoxy groups -OCH3 is 1. The van der Waals surface area contributed by atoms with Gasteiger partial charge in [-0.3, -0.25) is 0 Å². The standard InChI is InChI=1S/C13H7BrN2O2S/c1-17-11-5-12(14)19-13(11)10-3-2-9(18-10)4-8(6-15)7-16/h2-5H,1H3. The Hall–Kier alpha value is -2.02. The van der Waals surface area contributed by atoms with Crippen LogP contribution in [0.2, 0.25) is 0 Å². The summed E-state index contributed by atoms with van der Waals surface area (Å²) in [5, 5.41) is 17.4. The smallest absolute Gasteiger partial charge is 0.148 e. The minimum absolute atomic E-state index is 0.000208. The molecule has 2 heterocycles. The third-order valence-corrected chi connectivity index (χ3v) is 3.90. The van der Waals surface area contributed by atoms with Gasteiger partial charge in [0, 0.05) is 12.1 Å². The second-order valence-corrected chi connectivity index (χ2v) is 5.86. The Morgan fingerprint density at radius 1 is 1.42 bits per heavy atom. The van der Waals surface area contributed by atoms with Crippen molar-refractivity contribution in [3.63, 3.8) is 0 Å². The summed E-state index contributed by atoms with van der Waals surface area (Å²) >= 11 is 4.87. The summed E-state index contributed by atoms with van der Waals surface area (Å²) in [6, 6.07) is 8.91. The molecule has 2 aromatic rings. The van der Waals surface area contributed by atoms with Gasteiger partial charge in [-0.1, -0.05) is 0 Å². The number of allylic oxidation sites excluding steroid dienone is 1. The molecule has 94 valence electrons. The lowest BCUT2D eigenvalue weighted by Gasteiger charge is -1.97. The fourth-order valence-corrected chi connectivity index (χ4v) is 2.96. The minimum atomic E-state index is 0.000208. The van der Waals surface area contributed by atoms with Crippen LogP contribution in [0, 0.1) is 22.7 Å². The van der Waals surface area contributed by atoms with Crippen molar-refractivity contribution < 1.29 is 9.15 Å². The van der Waals surface area contributed by atoms with Gasteiger partial charge in [-0.2, -0.15) is 10.5 Å². The van der Waals surface area contributed by atoms with Crippen LogP contribution in [0.15, 0.2) is 32.0 Å². The maximum atomic E-state index is 8.69. The molecule has 0 saturated carbocycles. The third-order valence-electron chi connectivity index (χ3n) is 2.27. The number of hydrogen-bond donors (Lipinski definition) is 0. The number of thiophene rings is 1. The molecular weight excluding hydrogens is 328 g/mol. The Bertz CT molecular complexity index is 700. The molecule has 0 N–H and O–H groups in total. The predicted molar refractivity (Wildman–Crippen MR) is 75.5 cm³/mol. The lowest BCUT2D eigenvalue weighted by Crippen LogP contribution is -1.80. The largest absolute Gasteiger partial charge is 0.495 e. The van der Waals surface area contributed by atoms with E-state index >= 15 is 0 Å². The van der Waals surface area contributed by atoms with E-state index in [-0.39, 0.29) is 5.57 Å². The summed E-state index contributed by atoms with van der Waals surface area (Å²) in [6.45, 7) is 0. The van der Waals surface area contributed by atoms with Crippen molar-refractivity contribution in [1.82, 2.24) is 0 Å². The molecule has 0 aliphatic heterocycles. The molecule has 2 rings (SSSR count). The van der Waals surface area contributed by atoms with Crippen LogP contribution in [-0.2, 0) is 0 Å². The molecule has 0 bridgehead atoms. The molecule has 4 nitrogen and oxygen atoms in total. The lowest BCUT2D eigenvalue weighted by atomic mass is 10.2. The highest BCUT2D eigenvalue weighted by Gasteiger charge is 2.14. The molecule has 6 heteroatoms. The Morgan fingerprint density at radius 2 is 2.16 bits per heavy atom. The maximum Gasteiger partial charge on any atom is 0.148 e. The highest BCUT2D eigenvalue weighted by atomic mass is 79.9. The lowest BCUT2D eigenvalue weighted by molar-refractivity contribution is 0.416.